The monoisotopic (exact) mass is 500 g/mol. The number of hydrogen-bond donors (Lipinski definition) is 0. The van der Waals surface area contributed by atoms with Crippen LogP contribution in [-0.2, 0) is 11.2 Å². The highest BCUT2D eigenvalue weighted by Crippen LogP contribution is 2.34. The number of benzene rings is 2. The number of thiophene rings is 1. The Balaban J connectivity index is 1.52. The number of hydrogen-bond acceptors (Lipinski definition) is 4. The summed E-state index contributed by atoms with van der Waals surface area (Å²) in [4.78, 5) is 31.0. The minimum absolute atomic E-state index is 0.0230. The van der Waals surface area contributed by atoms with Crippen molar-refractivity contribution in [1.29, 1.82) is 0 Å². The van der Waals surface area contributed by atoms with E-state index in [-0.39, 0.29) is 30.7 Å². The average molecular weight is 501 g/mol. The lowest BCUT2D eigenvalue weighted by Gasteiger charge is -2.37. The maximum atomic E-state index is 14.2. The molecule has 1 atom stereocenters. The Labute approximate surface area is 207 Å². The molecule has 2 aromatic carbocycles. The van der Waals surface area contributed by atoms with Gasteiger partial charge in [-0.1, -0.05) is 30.7 Å². The molecule has 0 bridgehead atoms. The first-order valence-electron chi connectivity index (χ1n) is 11.3. The molecule has 3 aromatic rings. The summed E-state index contributed by atoms with van der Waals surface area (Å²) in [7, 11) is 0. The van der Waals surface area contributed by atoms with Crippen LogP contribution in [-0.4, -0.2) is 47.9 Å². The molecule has 1 aliphatic heterocycles. The van der Waals surface area contributed by atoms with Crippen LogP contribution in [0.4, 0.5) is 4.39 Å². The molecule has 2 amide bonds. The van der Waals surface area contributed by atoms with E-state index >= 15 is 0 Å². The zero-order chi connectivity index (χ0) is 24.1. The van der Waals surface area contributed by atoms with Gasteiger partial charge in [0.25, 0.3) is 5.91 Å². The summed E-state index contributed by atoms with van der Waals surface area (Å²) in [5.41, 5.74) is 1.05. The zero-order valence-electron chi connectivity index (χ0n) is 18.9. The van der Waals surface area contributed by atoms with E-state index in [1.807, 2.05) is 18.4 Å². The van der Waals surface area contributed by atoms with Gasteiger partial charge in [0.2, 0.25) is 5.91 Å². The standard InChI is InChI=1S/C26H26ClFN2O3S/c1-2-13-29(26(32)20-5-3-4-6-22(20)28)16-25(31)30-14-11-24-21(12-15-34-24)23(30)17-33-19-9-7-18(27)8-10-19/h3-10,12,15,23H,2,11,13-14,16-17H2,1H3/t23-/m1/s1. The molecule has 0 spiro atoms. The lowest BCUT2D eigenvalue weighted by atomic mass is 10.0. The highest BCUT2D eigenvalue weighted by Gasteiger charge is 2.33. The Bertz CT molecular complexity index is 1150. The number of rotatable bonds is 8. The van der Waals surface area contributed by atoms with E-state index in [9.17, 15) is 14.0 Å². The van der Waals surface area contributed by atoms with Gasteiger partial charge in [-0.3, -0.25) is 9.59 Å². The number of carbonyl (C=O) groups excluding carboxylic acids is 2. The predicted octanol–water partition coefficient (Wildman–Crippen LogP) is 5.60. The third-order valence-corrected chi connectivity index (χ3v) is 7.10. The number of halogens is 2. The lowest BCUT2D eigenvalue weighted by Crippen LogP contribution is -2.48. The van der Waals surface area contributed by atoms with E-state index in [1.54, 1.807) is 52.6 Å². The van der Waals surface area contributed by atoms with E-state index in [1.165, 1.54) is 21.9 Å². The average Bonchev–Trinajstić information content (AvgIpc) is 3.32. The van der Waals surface area contributed by atoms with E-state index in [0.717, 1.165) is 12.0 Å². The molecule has 0 saturated carbocycles. The van der Waals surface area contributed by atoms with Crippen LogP contribution in [0.25, 0.3) is 0 Å². The van der Waals surface area contributed by atoms with E-state index in [0.29, 0.717) is 30.3 Å². The molecule has 0 radical (unpaired) electrons. The Morgan fingerprint density at radius 3 is 2.68 bits per heavy atom. The molecule has 1 aliphatic rings. The van der Waals surface area contributed by atoms with E-state index in [2.05, 4.69) is 0 Å². The predicted molar refractivity (Wildman–Crippen MR) is 132 cm³/mol. The molecule has 34 heavy (non-hydrogen) atoms. The van der Waals surface area contributed by atoms with Crippen molar-refractivity contribution in [2.24, 2.45) is 0 Å². The fraction of sp³-hybridized carbons (Fsp3) is 0.308. The number of fused-ring (bicyclic) bond motifs is 1. The maximum Gasteiger partial charge on any atom is 0.257 e. The molecule has 0 N–H and O–H groups in total. The fourth-order valence-electron chi connectivity index (χ4n) is 4.16. The Morgan fingerprint density at radius 2 is 1.94 bits per heavy atom. The quantitative estimate of drug-likeness (QED) is 0.404. The van der Waals surface area contributed by atoms with Gasteiger partial charge in [-0.05, 0) is 66.2 Å². The van der Waals surface area contributed by atoms with Crippen LogP contribution >= 0.6 is 22.9 Å². The summed E-state index contributed by atoms with van der Waals surface area (Å²) in [5, 5.41) is 2.65. The molecular weight excluding hydrogens is 475 g/mol. The van der Waals surface area contributed by atoms with E-state index < -0.39 is 11.7 Å². The summed E-state index contributed by atoms with van der Waals surface area (Å²) >= 11 is 7.64. The van der Waals surface area contributed by atoms with Crippen LogP contribution in [0.2, 0.25) is 5.02 Å². The largest absolute Gasteiger partial charge is 0.491 e. The summed E-state index contributed by atoms with van der Waals surface area (Å²) in [5.74, 6) is -0.576. The second-order valence-electron chi connectivity index (χ2n) is 8.12. The Kier molecular flexibility index (Phi) is 7.85. The topological polar surface area (TPSA) is 49.9 Å². The van der Waals surface area contributed by atoms with Gasteiger partial charge in [-0.15, -0.1) is 11.3 Å². The van der Waals surface area contributed by atoms with Crippen molar-refractivity contribution in [1.82, 2.24) is 9.80 Å². The third kappa shape index (κ3) is 5.42. The Morgan fingerprint density at radius 1 is 1.18 bits per heavy atom. The van der Waals surface area contributed by atoms with Crippen LogP contribution in [0, 0.1) is 5.82 Å². The van der Waals surface area contributed by atoms with Gasteiger partial charge >= 0.3 is 0 Å². The molecule has 0 aliphatic carbocycles. The van der Waals surface area contributed by atoms with Crippen molar-refractivity contribution >= 4 is 34.8 Å². The normalized spacial score (nSPS) is 15.0. The molecule has 0 saturated heterocycles. The van der Waals surface area contributed by atoms with Gasteiger partial charge in [0, 0.05) is 23.0 Å². The van der Waals surface area contributed by atoms with Crippen LogP contribution in [0.15, 0.2) is 60.0 Å². The second kappa shape index (κ2) is 11.0. The second-order valence-corrected chi connectivity index (χ2v) is 9.56. The number of ether oxygens (including phenoxy) is 1. The molecule has 178 valence electrons. The fourth-order valence-corrected chi connectivity index (χ4v) is 5.22. The Hall–Kier alpha value is -2.90. The highest BCUT2D eigenvalue weighted by molar-refractivity contribution is 7.10. The molecule has 4 rings (SSSR count). The van der Waals surface area contributed by atoms with Gasteiger partial charge in [0.05, 0.1) is 11.6 Å². The van der Waals surface area contributed by atoms with Crippen LogP contribution < -0.4 is 4.74 Å². The van der Waals surface area contributed by atoms with Gasteiger partial charge in [0.15, 0.2) is 0 Å². The first kappa shape index (κ1) is 24.2. The molecule has 5 nitrogen and oxygen atoms in total. The molecule has 1 aromatic heterocycles. The van der Waals surface area contributed by atoms with Crippen molar-refractivity contribution in [2.45, 2.75) is 25.8 Å². The number of nitrogens with zero attached hydrogens (tertiary/aromatic N) is 2. The summed E-state index contributed by atoms with van der Waals surface area (Å²) in [6.07, 6.45) is 1.41. The molecular formula is C26H26ClFN2O3S. The zero-order valence-corrected chi connectivity index (χ0v) is 20.4. The van der Waals surface area contributed by atoms with Gasteiger partial charge in [-0.2, -0.15) is 0 Å². The van der Waals surface area contributed by atoms with Gasteiger partial charge in [-0.25, -0.2) is 4.39 Å². The maximum absolute atomic E-state index is 14.2. The summed E-state index contributed by atoms with van der Waals surface area (Å²) in [6, 6.07) is 14.7. The summed E-state index contributed by atoms with van der Waals surface area (Å²) in [6.45, 7) is 2.99. The van der Waals surface area contributed by atoms with Crippen molar-refractivity contribution in [3.63, 3.8) is 0 Å². The van der Waals surface area contributed by atoms with Gasteiger partial charge in [0.1, 0.15) is 24.7 Å². The molecule has 8 heteroatoms. The summed E-state index contributed by atoms with van der Waals surface area (Å²) < 4.78 is 20.3. The van der Waals surface area contributed by atoms with Gasteiger partial charge < -0.3 is 14.5 Å². The highest BCUT2D eigenvalue weighted by atomic mass is 35.5. The van der Waals surface area contributed by atoms with Crippen molar-refractivity contribution < 1.29 is 18.7 Å². The number of carbonyl (C=O) groups is 2. The van der Waals surface area contributed by atoms with Crippen LogP contribution in [0.1, 0.15) is 40.2 Å². The minimum atomic E-state index is -0.587. The van der Waals surface area contributed by atoms with Crippen LogP contribution in [0.3, 0.4) is 0 Å². The first-order chi connectivity index (χ1) is 16.5. The minimum Gasteiger partial charge on any atom is -0.491 e. The first-order valence-corrected chi connectivity index (χ1v) is 12.5. The lowest BCUT2D eigenvalue weighted by molar-refractivity contribution is -0.135. The smallest absolute Gasteiger partial charge is 0.257 e. The van der Waals surface area contributed by atoms with Crippen molar-refractivity contribution in [2.75, 3.05) is 26.2 Å². The van der Waals surface area contributed by atoms with Crippen molar-refractivity contribution in [3.05, 3.63) is 86.8 Å². The SMILES string of the molecule is CCCN(CC(=O)N1CCc2sccc2[C@H]1COc1ccc(Cl)cc1)C(=O)c1ccccc1F. The molecule has 2 heterocycles. The molecule has 0 unspecified atom stereocenters. The third-order valence-electron chi connectivity index (χ3n) is 5.85. The number of amides is 2. The molecule has 0 fully saturated rings. The van der Waals surface area contributed by atoms with Crippen molar-refractivity contribution in [3.8, 4) is 5.75 Å². The van der Waals surface area contributed by atoms with Crippen LogP contribution in [0.5, 0.6) is 5.75 Å². The van der Waals surface area contributed by atoms with E-state index in [4.69, 9.17) is 16.3 Å².